The second-order valence-electron chi connectivity index (χ2n) is 4.61. The summed E-state index contributed by atoms with van der Waals surface area (Å²) in [6.45, 7) is 2.62. The zero-order chi connectivity index (χ0) is 13.8. The number of phenols is 1. The van der Waals surface area contributed by atoms with Gasteiger partial charge in [0.15, 0.2) is 0 Å². The molecule has 4 nitrogen and oxygen atoms in total. The molecule has 102 valence electrons. The van der Waals surface area contributed by atoms with Crippen molar-refractivity contribution in [2.45, 2.75) is 19.4 Å². The quantitative estimate of drug-likeness (QED) is 0.869. The highest BCUT2D eigenvalue weighted by Crippen LogP contribution is 2.20. The molecule has 1 aromatic heterocycles. The van der Waals surface area contributed by atoms with E-state index < -0.39 is 5.82 Å². The van der Waals surface area contributed by atoms with Gasteiger partial charge in [-0.25, -0.2) is 4.39 Å². The first-order chi connectivity index (χ1) is 9.06. The number of nitrogens with zero attached hydrogens (tertiary/aromatic N) is 2. The first-order valence-corrected chi connectivity index (χ1v) is 6.26. The summed E-state index contributed by atoms with van der Waals surface area (Å²) in [6, 6.07) is 6.09. The largest absolute Gasteiger partial charge is 0.508 e. The fourth-order valence-electron chi connectivity index (χ4n) is 1.99. The summed E-state index contributed by atoms with van der Waals surface area (Å²) >= 11 is 0. The second-order valence-corrected chi connectivity index (χ2v) is 4.61. The van der Waals surface area contributed by atoms with E-state index in [1.165, 1.54) is 6.07 Å². The van der Waals surface area contributed by atoms with E-state index in [9.17, 15) is 9.50 Å². The van der Waals surface area contributed by atoms with Gasteiger partial charge in [0.25, 0.3) is 0 Å². The van der Waals surface area contributed by atoms with Crippen molar-refractivity contribution >= 4 is 0 Å². The Balaban J connectivity index is 1.88. The van der Waals surface area contributed by atoms with Gasteiger partial charge in [-0.05, 0) is 19.1 Å². The highest BCUT2D eigenvalue weighted by molar-refractivity contribution is 5.29. The SMILES string of the molecule is CC(NCCc1ccn(C)n1)c1ccc(O)cc1F. The number of aromatic nitrogens is 2. The van der Waals surface area contributed by atoms with Gasteiger partial charge in [-0.15, -0.1) is 0 Å². The molecule has 2 aromatic rings. The van der Waals surface area contributed by atoms with Crippen molar-refractivity contribution < 1.29 is 9.50 Å². The van der Waals surface area contributed by atoms with Crippen molar-refractivity contribution in [3.63, 3.8) is 0 Å². The van der Waals surface area contributed by atoms with Crippen LogP contribution in [0.1, 0.15) is 24.2 Å². The highest BCUT2D eigenvalue weighted by Gasteiger charge is 2.10. The smallest absolute Gasteiger partial charge is 0.131 e. The molecule has 0 aliphatic rings. The summed E-state index contributed by atoms with van der Waals surface area (Å²) in [7, 11) is 1.88. The lowest BCUT2D eigenvalue weighted by Crippen LogP contribution is -2.22. The number of hydrogen-bond donors (Lipinski definition) is 2. The van der Waals surface area contributed by atoms with E-state index in [1.54, 1.807) is 10.7 Å². The number of halogens is 1. The molecule has 0 fully saturated rings. The third-order valence-corrected chi connectivity index (χ3v) is 3.05. The van der Waals surface area contributed by atoms with Crippen LogP contribution in [0, 0.1) is 5.82 Å². The van der Waals surface area contributed by atoms with E-state index >= 15 is 0 Å². The Labute approximate surface area is 111 Å². The lowest BCUT2D eigenvalue weighted by Gasteiger charge is -2.14. The van der Waals surface area contributed by atoms with E-state index in [2.05, 4.69) is 10.4 Å². The van der Waals surface area contributed by atoms with Crippen LogP contribution in [-0.4, -0.2) is 21.4 Å². The van der Waals surface area contributed by atoms with E-state index in [0.717, 1.165) is 24.7 Å². The van der Waals surface area contributed by atoms with Gasteiger partial charge in [-0.3, -0.25) is 4.68 Å². The number of nitrogens with one attached hydrogen (secondary N) is 1. The van der Waals surface area contributed by atoms with Crippen molar-refractivity contribution in [3.05, 3.63) is 47.5 Å². The molecule has 5 heteroatoms. The van der Waals surface area contributed by atoms with Gasteiger partial charge in [0.2, 0.25) is 0 Å². The molecule has 1 aromatic carbocycles. The molecule has 0 saturated heterocycles. The number of aryl methyl sites for hydroxylation is 1. The fourth-order valence-corrected chi connectivity index (χ4v) is 1.99. The number of phenolic OH excluding ortho intramolecular Hbond substituents is 1. The lowest BCUT2D eigenvalue weighted by atomic mass is 10.1. The Bertz CT molecular complexity index is 553. The summed E-state index contributed by atoms with van der Waals surface area (Å²) in [6.07, 6.45) is 2.70. The van der Waals surface area contributed by atoms with Crippen LogP contribution in [0.3, 0.4) is 0 Å². The molecule has 0 radical (unpaired) electrons. The van der Waals surface area contributed by atoms with Crippen LogP contribution >= 0.6 is 0 Å². The van der Waals surface area contributed by atoms with E-state index in [0.29, 0.717) is 5.56 Å². The van der Waals surface area contributed by atoms with Crippen molar-refractivity contribution in [1.29, 1.82) is 0 Å². The first kappa shape index (κ1) is 13.5. The maximum atomic E-state index is 13.6. The summed E-state index contributed by atoms with van der Waals surface area (Å²) in [5, 5.41) is 16.7. The van der Waals surface area contributed by atoms with Crippen molar-refractivity contribution in [3.8, 4) is 5.75 Å². The highest BCUT2D eigenvalue weighted by atomic mass is 19.1. The zero-order valence-electron chi connectivity index (χ0n) is 11.1. The van der Waals surface area contributed by atoms with Crippen molar-refractivity contribution in [2.24, 2.45) is 7.05 Å². The van der Waals surface area contributed by atoms with Crippen LogP contribution in [0.5, 0.6) is 5.75 Å². The number of benzene rings is 1. The minimum atomic E-state index is -0.391. The molecule has 0 amide bonds. The van der Waals surface area contributed by atoms with Gasteiger partial charge < -0.3 is 10.4 Å². The predicted octanol–water partition coefficient (Wildman–Crippen LogP) is 2.16. The van der Waals surface area contributed by atoms with Gasteiger partial charge in [0.05, 0.1) is 5.69 Å². The Morgan fingerprint density at radius 2 is 2.21 bits per heavy atom. The topological polar surface area (TPSA) is 50.1 Å². The number of hydrogen-bond acceptors (Lipinski definition) is 3. The van der Waals surface area contributed by atoms with Crippen molar-refractivity contribution in [1.82, 2.24) is 15.1 Å². The van der Waals surface area contributed by atoms with Gasteiger partial charge in [-0.2, -0.15) is 5.10 Å². The molecule has 0 aliphatic carbocycles. The molecule has 1 heterocycles. The van der Waals surface area contributed by atoms with Crippen LogP contribution in [-0.2, 0) is 13.5 Å². The maximum absolute atomic E-state index is 13.6. The Hall–Kier alpha value is -1.88. The summed E-state index contributed by atoms with van der Waals surface area (Å²) in [5.41, 5.74) is 1.56. The van der Waals surface area contributed by atoms with E-state index in [4.69, 9.17) is 0 Å². The minimum absolute atomic E-state index is 0.0538. The van der Waals surface area contributed by atoms with Gasteiger partial charge >= 0.3 is 0 Å². The lowest BCUT2D eigenvalue weighted by molar-refractivity contribution is 0.463. The normalized spacial score (nSPS) is 12.6. The number of rotatable bonds is 5. The van der Waals surface area contributed by atoms with Crippen LogP contribution in [0.25, 0.3) is 0 Å². The molecule has 1 unspecified atom stereocenters. The summed E-state index contributed by atoms with van der Waals surface area (Å²) < 4.78 is 15.4. The van der Waals surface area contributed by atoms with Crippen LogP contribution in [0.2, 0.25) is 0 Å². The standard InChI is InChI=1S/C14H18FN3O/c1-10(13-4-3-12(19)9-14(13)15)16-7-5-11-6-8-18(2)17-11/h3-4,6,8-10,16,19H,5,7H2,1-2H3. The molecule has 0 spiro atoms. The molecule has 1 atom stereocenters. The van der Waals surface area contributed by atoms with E-state index in [-0.39, 0.29) is 11.8 Å². The Morgan fingerprint density at radius 3 is 2.84 bits per heavy atom. The molecular weight excluding hydrogens is 245 g/mol. The van der Waals surface area contributed by atoms with Gasteiger partial charge in [-0.1, -0.05) is 6.07 Å². The van der Waals surface area contributed by atoms with Crippen LogP contribution in [0.15, 0.2) is 30.5 Å². The first-order valence-electron chi connectivity index (χ1n) is 6.26. The average molecular weight is 263 g/mol. The molecular formula is C14H18FN3O. The van der Waals surface area contributed by atoms with Crippen LogP contribution in [0.4, 0.5) is 4.39 Å². The van der Waals surface area contributed by atoms with Crippen LogP contribution < -0.4 is 5.32 Å². The number of aromatic hydroxyl groups is 1. The summed E-state index contributed by atoms with van der Waals surface area (Å²) in [4.78, 5) is 0. The third kappa shape index (κ3) is 3.54. The molecule has 19 heavy (non-hydrogen) atoms. The van der Waals surface area contributed by atoms with Gasteiger partial charge in [0.1, 0.15) is 11.6 Å². The fraction of sp³-hybridized carbons (Fsp3) is 0.357. The molecule has 0 bridgehead atoms. The maximum Gasteiger partial charge on any atom is 0.131 e. The average Bonchev–Trinajstić information content (AvgIpc) is 2.75. The molecule has 2 rings (SSSR count). The Kier molecular flexibility index (Phi) is 4.16. The van der Waals surface area contributed by atoms with Gasteiger partial charge in [0, 0.05) is 43.9 Å². The Morgan fingerprint density at radius 1 is 1.42 bits per heavy atom. The minimum Gasteiger partial charge on any atom is -0.508 e. The van der Waals surface area contributed by atoms with Crippen molar-refractivity contribution in [2.75, 3.05) is 6.54 Å². The molecule has 0 aliphatic heterocycles. The zero-order valence-corrected chi connectivity index (χ0v) is 11.1. The second kappa shape index (κ2) is 5.84. The summed E-state index contributed by atoms with van der Waals surface area (Å²) in [5.74, 6) is -0.445. The van der Waals surface area contributed by atoms with E-state index in [1.807, 2.05) is 26.2 Å². The molecule has 2 N–H and O–H groups in total. The third-order valence-electron chi connectivity index (χ3n) is 3.05. The monoisotopic (exact) mass is 263 g/mol. The predicted molar refractivity (Wildman–Crippen MR) is 71.4 cm³/mol. The molecule has 0 saturated carbocycles.